The molecule has 1 aliphatic carbocycles. The number of anilines is 1. The highest BCUT2D eigenvalue weighted by Gasteiger charge is 2.36. The standard InChI is InChI=1S/C27H23ClF3N3O/c28-17-10-12-18(13-11-17)34-26(19-14-21(30)22(31)15-24(19)33-34)25(16-6-2-1-3-7-16)27(35)32-23-9-5-4-8-20(23)29/h4-5,8-16,25H,1-3,6-7H2,(H,32,35). The molecule has 4 aromatic rings. The van der Waals surface area contributed by atoms with Gasteiger partial charge in [0.05, 0.1) is 28.5 Å². The Kier molecular flexibility index (Phi) is 6.52. The Morgan fingerprint density at radius 3 is 2.34 bits per heavy atom. The van der Waals surface area contributed by atoms with Gasteiger partial charge >= 0.3 is 0 Å². The van der Waals surface area contributed by atoms with Crippen molar-refractivity contribution in [2.75, 3.05) is 5.32 Å². The van der Waals surface area contributed by atoms with Gasteiger partial charge in [-0.2, -0.15) is 5.10 Å². The predicted octanol–water partition coefficient (Wildman–Crippen LogP) is 7.40. The first kappa shape index (κ1) is 23.4. The fourth-order valence-corrected chi connectivity index (χ4v) is 5.11. The number of benzene rings is 3. The number of nitrogens with one attached hydrogen (secondary N) is 1. The van der Waals surface area contributed by atoms with Crippen molar-refractivity contribution >= 4 is 34.1 Å². The highest BCUT2D eigenvalue weighted by Crippen LogP contribution is 2.41. The third-order valence-electron chi connectivity index (χ3n) is 6.65. The zero-order valence-corrected chi connectivity index (χ0v) is 19.5. The van der Waals surface area contributed by atoms with E-state index in [1.807, 2.05) is 0 Å². The van der Waals surface area contributed by atoms with Crippen molar-refractivity contribution in [3.8, 4) is 5.69 Å². The summed E-state index contributed by atoms with van der Waals surface area (Å²) in [4.78, 5) is 13.8. The largest absolute Gasteiger partial charge is 0.323 e. The summed E-state index contributed by atoms with van der Waals surface area (Å²) >= 11 is 6.07. The van der Waals surface area contributed by atoms with Gasteiger partial charge in [-0.3, -0.25) is 4.79 Å². The fraction of sp³-hybridized carbons (Fsp3) is 0.259. The molecule has 3 aromatic carbocycles. The Morgan fingerprint density at radius 1 is 0.943 bits per heavy atom. The first-order valence-corrected chi connectivity index (χ1v) is 12.0. The maximum atomic E-state index is 14.4. The average Bonchev–Trinajstić information content (AvgIpc) is 3.20. The maximum absolute atomic E-state index is 14.4. The SMILES string of the molecule is O=C(Nc1ccccc1F)C(c1c2cc(F)c(F)cc2nn1-c1ccc(Cl)cc1)C1CCCCC1. The van der Waals surface area contributed by atoms with E-state index in [0.717, 1.165) is 44.2 Å². The molecule has 35 heavy (non-hydrogen) atoms. The zero-order valence-electron chi connectivity index (χ0n) is 18.8. The van der Waals surface area contributed by atoms with Gasteiger partial charge in [-0.05, 0) is 61.2 Å². The number of fused-ring (bicyclic) bond motifs is 1. The fourth-order valence-electron chi connectivity index (χ4n) is 4.98. The molecule has 1 N–H and O–H groups in total. The summed E-state index contributed by atoms with van der Waals surface area (Å²) in [7, 11) is 0. The van der Waals surface area contributed by atoms with E-state index in [1.165, 1.54) is 12.1 Å². The van der Waals surface area contributed by atoms with Crippen LogP contribution in [0.15, 0.2) is 60.7 Å². The molecule has 1 unspecified atom stereocenters. The highest BCUT2D eigenvalue weighted by molar-refractivity contribution is 6.30. The monoisotopic (exact) mass is 497 g/mol. The van der Waals surface area contributed by atoms with Gasteiger partial charge in [-0.25, -0.2) is 17.9 Å². The third-order valence-corrected chi connectivity index (χ3v) is 6.90. The van der Waals surface area contributed by atoms with Gasteiger partial charge in [0.25, 0.3) is 0 Å². The molecule has 0 spiro atoms. The minimum Gasteiger partial charge on any atom is -0.323 e. The van der Waals surface area contributed by atoms with Gasteiger partial charge in [0.15, 0.2) is 11.6 Å². The predicted molar refractivity (Wildman–Crippen MR) is 130 cm³/mol. The molecule has 0 saturated heterocycles. The van der Waals surface area contributed by atoms with Crippen molar-refractivity contribution in [1.29, 1.82) is 0 Å². The van der Waals surface area contributed by atoms with Crippen LogP contribution in [0.25, 0.3) is 16.6 Å². The topological polar surface area (TPSA) is 46.9 Å². The van der Waals surface area contributed by atoms with Gasteiger partial charge in [-0.1, -0.05) is 43.0 Å². The molecule has 0 bridgehead atoms. The molecule has 5 rings (SSSR count). The Labute approximate surface area is 205 Å². The number of rotatable bonds is 5. The summed E-state index contributed by atoms with van der Waals surface area (Å²) < 4.78 is 44.5. The first-order chi connectivity index (χ1) is 16.9. The molecule has 0 radical (unpaired) electrons. The first-order valence-electron chi connectivity index (χ1n) is 11.6. The molecule has 4 nitrogen and oxygen atoms in total. The van der Waals surface area contributed by atoms with Crippen molar-refractivity contribution in [2.45, 2.75) is 38.0 Å². The second-order valence-corrected chi connectivity index (χ2v) is 9.34. The Balaban J connectivity index is 1.71. The second kappa shape index (κ2) is 9.74. The van der Waals surface area contributed by atoms with Gasteiger partial charge in [0, 0.05) is 16.5 Å². The number of para-hydroxylation sites is 1. The summed E-state index contributed by atoms with van der Waals surface area (Å²) in [5, 5.41) is 8.14. The van der Waals surface area contributed by atoms with Crippen LogP contribution in [0.3, 0.4) is 0 Å². The summed E-state index contributed by atoms with van der Waals surface area (Å²) in [5.74, 6) is -3.84. The van der Waals surface area contributed by atoms with Gasteiger partial charge < -0.3 is 5.32 Å². The summed E-state index contributed by atoms with van der Waals surface area (Å²) in [6, 6.07) is 14.9. The van der Waals surface area contributed by atoms with Crippen LogP contribution < -0.4 is 5.32 Å². The van der Waals surface area contributed by atoms with E-state index >= 15 is 0 Å². The van der Waals surface area contributed by atoms with Crippen molar-refractivity contribution in [3.63, 3.8) is 0 Å². The molecule has 1 saturated carbocycles. The molecule has 1 amide bonds. The van der Waals surface area contributed by atoms with Gasteiger partial charge in [0.1, 0.15) is 5.82 Å². The van der Waals surface area contributed by atoms with Crippen LogP contribution in [-0.2, 0) is 4.79 Å². The van der Waals surface area contributed by atoms with Crippen molar-refractivity contribution in [3.05, 3.63) is 88.8 Å². The summed E-state index contributed by atoms with van der Waals surface area (Å²) in [6.45, 7) is 0. The lowest BCUT2D eigenvalue weighted by Crippen LogP contribution is -2.31. The molecular weight excluding hydrogens is 475 g/mol. The molecule has 1 fully saturated rings. The number of hydrogen-bond acceptors (Lipinski definition) is 2. The van der Waals surface area contributed by atoms with E-state index in [9.17, 15) is 18.0 Å². The van der Waals surface area contributed by atoms with Crippen LogP contribution in [0.2, 0.25) is 5.02 Å². The molecule has 0 aliphatic heterocycles. The van der Waals surface area contributed by atoms with E-state index in [1.54, 1.807) is 41.1 Å². The molecule has 1 heterocycles. The second-order valence-electron chi connectivity index (χ2n) is 8.90. The van der Waals surface area contributed by atoms with Gasteiger partial charge in [0.2, 0.25) is 5.91 Å². The number of nitrogens with zero attached hydrogens (tertiary/aromatic N) is 2. The van der Waals surface area contributed by atoms with E-state index < -0.39 is 29.3 Å². The van der Waals surface area contributed by atoms with Crippen LogP contribution in [-0.4, -0.2) is 15.7 Å². The average molecular weight is 498 g/mol. The zero-order chi connectivity index (χ0) is 24.5. The lowest BCUT2D eigenvalue weighted by Gasteiger charge is -2.30. The number of amides is 1. The van der Waals surface area contributed by atoms with Crippen LogP contribution in [0, 0.1) is 23.4 Å². The lowest BCUT2D eigenvalue weighted by molar-refractivity contribution is -0.119. The molecule has 1 aromatic heterocycles. The van der Waals surface area contributed by atoms with E-state index in [0.29, 0.717) is 21.8 Å². The van der Waals surface area contributed by atoms with E-state index in [2.05, 4.69) is 10.4 Å². The molecule has 1 aliphatic rings. The Hall–Kier alpha value is -3.32. The molecular formula is C27H23ClF3N3O. The van der Waals surface area contributed by atoms with E-state index in [-0.39, 0.29) is 17.1 Å². The quantitative estimate of drug-likeness (QED) is 0.312. The number of hydrogen-bond donors (Lipinski definition) is 1. The number of carbonyl (C=O) groups is 1. The van der Waals surface area contributed by atoms with Crippen LogP contribution in [0.1, 0.15) is 43.7 Å². The van der Waals surface area contributed by atoms with Crippen LogP contribution in [0.5, 0.6) is 0 Å². The smallest absolute Gasteiger partial charge is 0.233 e. The lowest BCUT2D eigenvalue weighted by atomic mass is 9.77. The van der Waals surface area contributed by atoms with Crippen LogP contribution in [0.4, 0.5) is 18.9 Å². The Bertz CT molecular complexity index is 1380. The van der Waals surface area contributed by atoms with Crippen molar-refractivity contribution in [2.24, 2.45) is 5.92 Å². The highest BCUT2D eigenvalue weighted by atomic mass is 35.5. The number of aromatic nitrogens is 2. The normalized spacial score (nSPS) is 15.3. The molecule has 180 valence electrons. The maximum Gasteiger partial charge on any atom is 0.233 e. The molecule has 8 heteroatoms. The van der Waals surface area contributed by atoms with E-state index in [4.69, 9.17) is 11.6 Å². The minimum atomic E-state index is -1.02. The van der Waals surface area contributed by atoms with Crippen molar-refractivity contribution in [1.82, 2.24) is 9.78 Å². The number of halogens is 4. The van der Waals surface area contributed by atoms with Crippen LogP contribution >= 0.6 is 11.6 Å². The summed E-state index contributed by atoms with van der Waals surface area (Å²) in [6.07, 6.45) is 4.53. The summed E-state index contributed by atoms with van der Waals surface area (Å²) in [5.41, 5.74) is 1.34. The molecule has 1 atom stereocenters. The third kappa shape index (κ3) is 4.65. The number of carbonyl (C=O) groups excluding carboxylic acids is 1. The van der Waals surface area contributed by atoms with Gasteiger partial charge in [-0.15, -0.1) is 0 Å². The Morgan fingerprint density at radius 2 is 1.63 bits per heavy atom. The minimum absolute atomic E-state index is 0.0670. The van der Waals surface area contributed by atoms with Crippen molar-refractivity contribution < 1.29 is 18.0 Å².